The highest BCUT2D eigenvalue weighted by atomic mass is 32.2. The molecule has 1 aliphatic heterocycles. The number of benzene rings is 1. The third-order valence-electron chi connectivity index (χ3n) is 3.80. The van der Waals surface area contributed by atoms with Gasteiger partial charge in [0.1, 0.15) is 5.82 Å². The topological polar surface area (TPSA) is 29.3 Å². The van der Waals surface area contributed by atoms with Crippen molar-refractivity contribution in [2.45, 2.75) is 30.7 Å². The van der Waals surface area contributed by atoms with E-state index in [0.29, 0.717) is 11.8 Å². The summed E-state index contributed by atoms with van der Waals surface area (Å²) in [6.07, 6.45) is 1.11. The Morgan fingerprint density at radius 1 is 1.56 bits per heavy atom. The van der Waals surface area contributed by atoms with E-state index in [4.69, 9.17) is 5.73 Å². The molecule has 2 nitrogen and oxygen atoms in total. The number of nitrogens with zero attached hydrogens (tertiary/aromatic N) is 1. The number of hydrogen-bond donors (Lipinski definition) is 1. The summed E-state index contributed by atoms with van der Waals surface area (Å²) in [7, 11) is 2.09. The zero-order chi connectivity index (χ0) is 13.2. The van der Waals surface area contributed by atoms with Crippen LogP contribution in [0.1, 0.15) is 18.9 Å². The molecule has 0 aromatic heterocycles. The van der Waals surface area contributed by atoms with Gasteiger partial charge in [0.05, 0.1) is 0 Å². The van der Waals surface area contributed by atoms with Crippen LogP contribution in [0.15, 0.2) is 24.3 Å². The van der Waals surface area contributed by atoms with Crippen molar-refractivity contribution in [1.82, 2.24) is 4.90 Å². The van der Waals surface area contributed by atoms with Crippen LogP contribution in [0.4, 0.5) is 4.39 Å². The van der Waals surface area contributed by atoms with Crippen LogP contribution in [0.5, 0.6) is 0 Å². The first-order valence-corrected chi connectivity index (χ1v) is 7.38. The molecule has 0 radical (unpaired) electrons. The Morgan fingerprint density at radius 2 is 2.33 bits per heavy atom. The van der Waals surface area contributed by atoms with E-state index in [-0.39, 0.29) is 11.4 Å². The molecule has 2 N–H and O–H groups in total. The molecule has 1 aromatic rings. The van der Waals surface area contributed by atoms with Gasteiger partial charge in [-0.25, -0.2) is 4.39 Å². The molecule has 18 heavy (non-hydrogen) atoms. The maximum absolute atomic E-state index is 13.2. The first-order valence-electron chi connectivity index (χ1n) is 6.33. The molecule has 0 spiro atoms. The van der Waals surface area contributed by atoms with Gasteiger partial charge in [0.25, 0.3) is 0 Å². The van der Waals surface area contributed by atoms with Crippen LogP contribution in [0, 0.1) is 5.82 Å². The number of hydrogen-bond acceptors (Lipinski definition) is 3. The molecule has 0 aliphatic carbocycles. The molecule has 0 saturated carbocycles. The predicted octanol–water partition coefficient (Wildman–Crippen LogP) is 2.48. The van der Waals surface area contributed by atoms with E-state index in [1.165, 1.54) is 6.07 Å². The van der Waals surface area contributed by atoms with Crippen LogP contribution in [0.3, 0.4) is 0 Å². The van der Waals surface area contributed by atoms with Gasteiger partial charge in [0.15, 0.2) is 0 Å². The second kappa shape index (κ2) is 5.59. The van der Waals surface area contributed by atoms with Gasteiger partial charge in [-0.3, -0.25) is 4.90 Å². The third-order valence-corrected chi connectivity index (χ3v) is 5.24. The Hall–Kier alpha value is -0.580. The van der Waals surface area contributed by atoms with Gasteiger partial charge in [0, 0.05) is 29.6 Å². The summed E-state index contributed by atoms with van der Waals surface area (Å²) in [5, 5.41) is 0.656. The van der Waals surface area contributed by atoms with Gasteiger partial charge in [-0.2, -0.15) is 11.8 Å². The molecule has 1 heterocycles. The van der Waals surface area contributed by atoms with Gasteiger partial charge in [-0.1, -0.05) is 19.1 Å². The lowest BCUT2D eigenvalue weighted by atomic mass is 9.94. The monoisotopic (exact) mass is 268 g/mol. The lowest BCUT2D eigenvalue weighted by Crippen LogP contribution is -2.52. The number of halogens is 1. The van der Waals surface area contributed by atoms with Crippen LogP contribution in [-0.4, -0.2) is 35.0 Å². The van der Waals surface area contributed by atoms with E-state index in [9.17, 15) is 4.39 Å². The van der Waals surface area contributed by atoms with Crippen LogP contribution in [-0.2, 0) is 6.54 Å². The average molecular weight is 268 g/mol. The van der Waals surface area contributed by atoms with E-state index < -0.39 is 0 Å². The van der Waals surface area contributed by atoms with Gasteiger partial charge >= 0.3 is 0 Å². The highest BCUT2D eigenvalue weighted by Crippen LogP contribution is 2.37. The number of thioether (sulfide) groups is 1. The summed E-state index contributed by atoms with van der Waals surface area (Å²) in [5.41, 5.74) is 7.06. The van der Waals surface area contributed by atoms with Crippen LogP contribution < -0.4 is 5.73 Å². The maximum Gasteiger partial charge on any atom is 0.123 e. The van der Waals surface area contributed by atoms with Crippen molar-refractivity contribution < 1.29 is 4.39 Å². The molecule has 2 unspecified atom stereocenters. The van der Waals surface area contributed by atoms with Crippen LogP contribution in [0.25, 0.3) is 0 Å². The molecule has 4 heteroatoms. The molecule has 1 aromatic carbocycles. The highest BCUT2D eigenvalue weighted by Gasteiger charge is 2.40. The second-order valence-electron chi connectivity index (χ2n) is 5.24. The Balaban J connectivity index is 2.09. The van der Waals surface area contributed by atoms with Gasteiger partial charge in [-0.05, 0) is 31.2 Å². The normalized spacial score (nSPS) is 27.9. The van der Waals surface area contributed by atoms with Crippen molar-refractivity contribution in [3.8, 4) is 0 Å². The minimum Gasteiger partial charge on any atom is -0.329 e. The molecular formula is C14H21FN2S. The Labute approximate surface area is 113 Å². The minimum atomic E-state index is -0.170. The van der Waals surface area contributed by atoms with Gasteiger partial charge in [-0.15, -0.1) is 0 Å². The number of likely N-dealkylation sites (N-methyl/N-ethyl adjacent to an activating group) is 1. The largest absolute Gasteiger partial charge is 0.329 e. The van der Waals surface area contributed by atoms with Gasteiger partial charge in [0.2, 0.25) is 0 Å². The molecular weight excluding hydrogens is 247 g/mol. The third kappa shape index (κ3) is 2.87. The van der Waals surface area contributed by atoms with Crippen molar-refractivity contribution in [1.29, 1.82) is 0 Å². The number of nitrogens with two attached hydrogens (primary N) is 1. The second-order valence-corrected chi connectivity index (χ2v) is 6.67. The summed E-state index contributed by atoms with van der Waals surface area (Å²) in [6, 6.07) is 6.82. The summed E-state index contributed by atoms with van der Waals surface area (Å²) in [6.45, 7) is 3.66. The number of rotatable bonds is 4. The van der Waals surface area contributed by atoms with E-state index in [0.717, 1.165) is 24.3 Å². The Bertz CT molecular complexity index is 413. The lowest BCUT2D eigenvalue weighted by Gasteiger charge is -2.37. The van der Waals surface area contributed by atoms with E-state index >= 15 is 0 Å². The van der Waals surface area contributed by atoms with E-state index in [1.807, 2.05) is 17.8 Å². The summed E-state index contributed by atoms with van der Waals surface area (Å²) in [5.74, 6) is 0.896. The molecule has 0 amide bonds. The standard InChI is InChI=1S/C14H21FN2S/c1-11-7-14(9-16,10-18-11)17(2)8-12-4-3-5-13(15)6-12/h3-6,11H,7-10,16H2,1-2H3. The van der Waals surface area contributed by atoms with Crippen molar-refractivity contribution in [2.75, 3.05) is 19.3 Å². The lowest BCUT2D eigenvalue weighted by molar-refractivity contribution is 0.138. The van der Waals surface area contributed by atoms with Crippen molar-refractivity contribution in [3.63, 3.8) is 0 Å². The molecule has 0 bridgehead atoms. The summed E-state index contributed by atoms with van der Waals surface area (Å²) < 4.78 is 13.2. The maximum atomic E-state index is 13.2. The fourth-order valence-corrected chi connectivity index (χ4v) is 4.07. The Morgan fingerprint density at radius 3 is 2.89 bits per heavy atom. The smallest absolute Gasteiger partial charge is 0.123 e. The average Bonchev–Trinajstić information content (AvgIpc) is 2.72. The molecule has 1 fully saturated rings. The minimum absolute atomic E-state index is 0.0659. The van der Waals surface area contributed by atoms with Crippen molar-refractivity contribution >= 4 is 11.8 Å². The zero-order valence-corrected chi connectivity index (χ0v) is 11.8. The van der Waals surface area contributed by atoms with Gasteiger partial charge < -0.3 is 5.73 Å². The predicted molar refractivity (Wildman–Crippen MR) is 76.2 cm³/mol. The highest BCUT2D eigenvalue weighted by molar-refractivity contribution is 8.00. The summed E-state index contributed by atoms with van der Waals surface area (Å²) >= 11 is 1.98. The molecule has 2 rings (SSSR count). The zero-order valence-electron chi connectivity index (χ0n) is 11.0. The first kappa shape index (κ1) is 13.8. The van der Waals surface area contributed by atoms with E-state index in [1.54, 1.807) is 12.1 Å². The molecule has 2 atom stereocenters. The first-order chi connectivity index (χ1) is 8.55. The quantitative estimate of drug-likeness (QED) is 0.909. The summed E-state index contributed by atoms with van der Waals surface area (Å²) in [4.78, 5) is 2.29. The Kier molecular flexibility index (Phi) is 4.30. The van der Waals surface area contributed by atoms with Crippen LogP contribution >= 0.6 is 11.8 Å². The van der Waals surface area contributed by atoms with E-state index in [2.05, 4.69) is 18.9 Å². The molecule has 1 aliphatic rings. The fraction of sp³-hybridized carbons (Fsp3) is 0.571. The SMILES string of the molecule is CC1CC(CN)(N(C)Cc2cccc(F)c2)CS1. The van der Waals surface area contributed by atoms with Crippen molar-refractivity contribution in [3.05, 3.63) is 35.6 Å². The molecule has 100 valence electrons. The van der Waals surface area contributed by atoms with Crippen molar-refractivity contribution in [2.24, 2.45) is 5.73 Å². The fourth-order valence-electron chi connectivity index (χ4n) is 2.59. The molecule has 1 saturated heterocycles. The van der Waals surface area contributed by atoms with Crippen LogP contribution in [0.2, 0.25) is 0 Å².